The fraction of sp³-hybridized carbons (Fsp3) is 0.263. The molecule has 0 radical (unpaired) electrons. The van der Waals surface area contributed by atoms with E-state index in [9.17, 15) is 4.79 Å². The molecule has 0 fully saturated rings. The van der Waals surface area contributed by atoms with E-state index < -0.39 is 0 Å². The lowest BCUT2D eigenvalue weighted by Crippen LogP contribution is -2.27. The Morgan fingerprint density at radius 3 is 2.88 bits per heavy atom. The van der Waals surface area contributed by atoms with Gasteiger partial charge in [-0.05, 0) is 29.3 Å². The molecule has 0 spiro atoms. The third kappa shape index (κ3) is 5.03. The molecule has 6 heteroatoms. The maximum atomic E-state index is 12.9. The van der Waals surface area contributed by atoms with E-state index in [0.29, 0.717) is 11.6 Å². The molecule has 2 aromatic rings. The molecule has 0 N–H and O–H groups in total. The summed E-state index contributed by atoms with van der Waals surface area (Å²) in [6.45, 7) is 1.43. The largest absolute Gasteiger partial charge is 0.337 e. The first-order valence-corrected chi connectivity index (χ1v) is 10.4. The molecule has 0 saturated heterocycles. The van der Waals surface area contributed by atoms with Crippen LogP contribution in [-0.4, -0.2) is 34.5 Å². The summed E-state index contributed by atoms with van der Waals surface area (Å²) in [6.07, 6.45) is 0. The molecule has 1 heterocycles. The number of hydrogen-bond donors (Lipinski definition) is 0. The van der Waals surface area contributed by atoms with Gasteiger partial charge in [-0.1, -0.05) is 65.5 Å². The van der Waals surface area contributed by atoms with Crippen molar-refractivity contribution in [2.75, 3.05) is 19.3 Å². The molecule has 0 saturated carbocycles. The van der Waals surface area contributed by atoms with Crippen LogP contribution < -0.4 is 0 Å². The van der Waals surface area contributed by atoms with Gasteiger partial charge in [0.1, 0.15) is 4.38 Å². The molecule has 25 heavy (non-hydrogen) atoms. The van der Waals surface area contributed by atoms with Crippen molar-refractivity contribution in [2.24, 2.45) is 4.99 Å². The predicted octanol–water partition coefficient (Wildman–Crippen LogP) is 4.95. The average molecular weight is 391 g/mol. The first kappa shape index (κ1) is 18.4. The lowest BCUT2D eigenvalue weighted by Gasteiger charge is -2.19. The van der Waals surface area contributed by atoms with E-state index in [4.69, 9.17) is 11.6 Å². The third-order valence-corrected chi connectivity index (χ3v) is 6.35. The van der Waals surface area contributed by atoms with Gasteiger partial charge in [0.05, 0.1) is 6.54 Å². The number of carbonyl (C=O) groups is 1. The molecule has 0 aromatic heterocycles. The van der Waals surface area contributed by atoms with Gasteiger partial charge >= 0.3 is 0 Å². The van der Waals surface area contributed by atoms with E-state index in [2.05, 4.69) is 4.99 Å². The van der Waals surface area contributed by atoms with E-state index in [0.717, 1.165) is 39.1 Å². The van der Waals surface area contributed by atoms with Crippen LogP contribution in [0.1, 0.15) is 21.5 Å². The van der Waals surface area contributed by atoms with Crippen LogP contribution >= 0.6 is 35.1 Å². The van der Waals surface area contributed by atoms with Crippen LogP contribution in [0, 0.1) is 0 Å². The van der Waals surface area contributed by atoms with Gasteiger partial charge in [-0.2, -0.15) is 0 Å². The van der Waals surface area contributed by atoms with Crippen LogP contribution in [0.3, 0.4) is 0 Å². The Labute approximate surface area is 161 Å². The Morgan fingerprint density at radius 2 is 2.12 bits per heavy atom. The number of benzene rings is 2. The molecule has 130 valence electrons. The summed E-state index contributed by atoms with van der Waals surface area (Å²) in [5.74, 6) is 1.85. The van der Waals surface area contributed by atoms with E-state index in [1.165, 1.54) is 0 Å². The number of nitrogens with zero attached hydrogens (tertiary/aromatic N) is 2. The van der Waals surface area contributed by atoms with Crippen LogP contribution in [-0.2, 0) is 12.3 Å². The predicted molar refractivity (Wildman–Crippen MR) is 110 cm³/mol. The highest BCUT2D eigenvalue weighted by Gasteiger charge is 2.17. The fourth-order valence-corrected chi connectivity index (χ4v) is 4.81. The minimum absolute atomic E-state index is 0.0252. The van der Waals surface area contributed by atoms with Crippen molar-refractivity contribution in [3.8, 4) is 0 Å². The van der Waals surface area contributed by atoms with Gasteiger partial charge in [-0.15, -0.1) is 0 Å². The van der Waals surface area contributed by atoms with Crippen LogP contribution in [0.15, 0.2) is 53.5 Å². The number of thioether (sulfide) groups is 2. The number of aliphatic imine (C=N–C) groups is 1. The Hall–Kier alpha value is -1.43. The van der Waals surface area contributed by atoms with E-state index in [1.54, 1.807) is 28.4 Å². The van der Waals surface area contributed by atoms with E-state index >= 15 is 0 Å². The lowest BCUT2D eigenvalue weighted by atomic mass is 10.1. The molecular weight excluding hydrogens is 372 g/mol. The first-order chi connectivity index (χ1) is 12.1. The normalized spacial score (nSPS) is 13.6. The number of hydrogen-bond acceptors (Lipinski definition) is 4. The maximum absolute atomic E-state index is 12.9. The zero-order valence-electron chi connectivity index (χ0n) is 13.9. The second kappa shape index (κ2) is 8.79. The van der Waals surface area contributed by atoms with E-state index in [-0.39, 0.29) is 5.91 Å². The number of amides is 1. The van der Waals surface area contributed by atoms with Crippen molar-refractivity contribution in [1.29, 1.82) is 0 Å². The highest BCUT2D eigenvalue weighted by Crippen LogP contribution is 2.27. The summed E-state index contributed by atoms with van der Waals surface area (Å²) in [6, 6.07) is 15.4. The third-order valence-electron chi connectivity index (χ3n) is 3.81. The summed E-state index contributed by atoms with van der Waals surface area (Å²) in [7, 11) is 1.82. The maximum Gasteiger partial charge on any atom is 0.254 e. The quantitative estimate of drug-likeness (QED) is 0.724. The smallest absolute Gasteiger partial charge is 0.254 e. The molecule has 3 rings (SSSR count). The summed E-state index contributed by atoms with van der Waals surface area (Å²) in [5, 5.41) is 0.685. The standard InChI is InChI=1S/C19H19ClN2OS2/c1-22(12-14-5-4-7-16(20)11-14)18(23)17-8-3-2-6-15(17)13-25-19-21-9-10-24-19/h2-8,11H,9-10,12-13H2,1H3. The Bertz CT molecular complexity index is 794. The van der Waals surface area contributed by atoms with E-state index in [1.807, 2.05) is 55.6 Å². The molecule has 0 bridgehead atoms. The molecule has 2 aromatic carbocycles. The summed E-state index contributed by atoms with van der Waals surface area (Å²) < 4.78 is 1.12. The van der Waals surface area contributed by atoms with Crippen LogP contribution in [0.5, 0.6) is 0 Å². The number of carbonyl (C=O) groups excluding carboxylic acids is 1. The second-order valence-corrected chi connectivity index (χ2v) is 8.48. The molecule has 1 amide bonds. The van der Waals surface area contributed by atoms with Gasteiger partial charge in [-0.25, -0.2) is 0 Å². The molecule has 0 unspecified atom stereocenters. The van der Waals surface area contributed by atoms with Crippen molar-refractivity contribution in [1.82, 2.24) is 4.90 Å². The topological polar surface area (TPSA) is 32.7 Å². The minimum Gasteiger partial charge on any atom is -0.337 e. The van der Waals surface area contributed by atoms with Crippen molar-refractivity contribution in [2.45, 2.75) is 12.3 Å². The lowest BCUT2D eigenvalue weighted by molar-refractivity contribution is 0.0784. The Kier molecular flexibility index (Phi) is 6.45. The van der Waals surface area contributed by atoms with Crippen molar-refractivity contribution in [3.63, 3.8) is 0 Å². The second-order valence-electron chi connectivity index (χ2n) is 5.73. The molecule has 3 nitrogen and oxygen atoms in total. The number of halogens is 1. The van der Waals surface area contributed by atoms with Crippen molar-refractivity contribution >= 4 is 45.4 Å². The monoisotopic (exact) mass is 390 g/mol. The molecule has 0 aliphatic carbocycles. The summed E-state index contributed by atoms with van der Waals surface area (Å²) in [4.78, 5) is 19.1. The molecule has 0 atom stereocenters. The summed E-state index contributed by atoms with van der Waals surface area (Å²) in [5.41, 5.74) is 2.82. The van der Waals surface area contributed by atoms with Gasteiger partial charge in [-0.3, -0.25) is 9.79 Å². The molecular formula is C19H19ClN2OS2. The van der Waals surface area contributed by atoms with Gasteiger partial charge in [0.25, 0.3) is 5.91 Å². The average Bonchev–Trinajstić information content (AvgIpc) is 3.13. The highest BCUT2D eigenvalue weighted by atomic mass is 35.5. The van der Waals surface area contributed by atoms with Crippen LogP contribution in [0.2, 0.25) is 5.02 Å². The van der Waals surface area contributed by atoms with Gasteiger partial charge in [0, 0.05) is 35.7 Å². The Morgan fingerprint density at radius 1 is 1.28 bits per heavy atom. The highest BCUT2D eigenvalue weighted by molar-refractivity contribution is 8.38. The zero-order valence-corrected chi connectivity index (χ0v) is 16.3. The Balaban J connectivity index is 1.70. The van der Waals surface area contributed by atoms with Gasteiger partial charge < -0.3 is 4.90 Å². The SMILES string of the molecule is CN(Cc1cccc(Cl)c1)C(=O)c1ccccc1CSC1=NCCS1. The zero-order chi connectivity index (χ0) is 17.6. The van der Waals surface area contributed by atoms with Crippen LogP contribution in [0.25, 0.3) is 0 Å². The fourth-order valence-electron chi connectivity index (χ4n) is 2.58. The molecule has 1 aliphatic heterocycles. The minimum atomic E-state index is 0.0252. The number of rotatable bonds is 5. The van der Waals surface area contributed by atoms with Gasteiger partial charge in [0.15, 0.2) is 0 Å². The van der Waals surface area contributed by atoms with Crippen molar-refractivity contribution in [3.05, 3.63) is 70.2 Å². The van der Waals surface area contributed by atoms with Crippen LogP contribution in [0.4, 0.5) is 0 Å². The summed E-state index contributed by atoms with van der Waals surface area (Å²) >= 11 is 9.54. The van der Waals surface area contributed by atoms with Crippen molar-refractivity contribution < 1.29 is 4.79 Å². The molecule has 1 aliphatic rings. The first-order valence-electron chi connectivity index (χ1n) is 8.01. The van der Waals surface area contributed by atoms with Gasteiger partial charge in [0.2, 0.25) is 0 Å².